The highest BCUT2D eigenvalue weighted by atomic mass is 32.2. The molecule has 0 aliphatic heterocycles. The molecule has 0 aliphatic carbocycles. The van der Waals surface area contributed by atoms with Crippen LogP contribution in [-0.4, -0.2) is 11.8 Å². The first kappa shape index (κ1) is 10.5. The van der Waals surface area contributed by atoms with Crippen LogP contribution < -0.4 is 5.73 Å². The molecule has 1 nitrogen and oxygen atoms in total. The van der Waals surface area contributed by atoms with Crippen molar-refractivity contribution in [3.05, 3.63) is 29.8 Å². The largest absolute Gasteiger partial charge is 0.324 e. The third-order valence-electron chi connectivity index (χ3n) is 1.49. The number of alkyl halides is 2. The summed E-state index contributed by atoms with van der Waals surface area (Å²) in [4.78, 5) is 0.551. The van der Waals surface area contributed by atoms with E-state index >= 15 is 0 Å². The maximum absolute atomic E-state index is 12.8. The smallest absolute Gasteiger partial charge is 0.310 e. The van der Waals surface area contributed by atoms with Crippen LogP contribution in [0, 0.1) is 6.92 Å². The van der Waals surface area contributed by atoms with Gasteiger partial charge in [0.05, 0.1) is 6.54 Å². The molecule has 0 atom stereocenters. The average molecular weight is 203 g/mol. The van der Waals surface area contributed by atoms with Crippen LogP contribution in [0.2, 0.25) is 0 Å². The highest BCUT2D eigenvalue weighted by Crippen LogP contribution is 2.34. The van der Waals surface area contributed by atoms with Crippen LogP contribution in [0.5, 0.6) is 0 Å². The number of hydrogen-bond acceptors (Lipinski definition) is 2. The van der Waals surface area contributed by atoms with Crippen molar-refractivity contribution >= 4 is 11.8 Å². The van der Waals surface area contributed by atoms with Gasteiger partial charge in [-0.3, -0.25) is 0 Å². The molecule has 0 radical (unpaired) electrons. The zero-order valence-electron chi connectivity index (χ0n) is 7.26. The van der Waals surface area contributed by atoms with E-state index in [0.717, 1.165) is 5.56 Å². The maximum atomic E-state index is 12.8. The lowest BCUT2D eigenvalue weighted by molar-refractivity contribution is 0.116. The molecule has 0 aliphatic rings. The van der Waals surface area contributed by atoms with Crippen molar-refractivity contribution in [2.75, 3.05) is 6.54 Å². The topological polar surface area (TPSA) is 26.0 Å². The molecule has 4 heteroatoms. The summed E-state index contributed by atoms with van der Waals surface area (Å²) in [5.74, 6) is 0. The van der Waals surface area contributed by atoms with Crippen LogP contribution >= 0.6 is 11.8 Å². The van der Waals surface area contributed by atoms with Gasteiger partial charge in [-0.25, -0.2) is 0 Å². The molecule has 0 amide bonds. The number of hydrogen-bond donors (Lipinski definition) is 1. The van der Waals surface area contributed by atoms with Crippen LogP contribution in [0.4, 0.5) is 8.78 Å². The Bertz CT molecular complexity index is 289. The maximum Gasteiger partial charge on any atom is 0.310 e. The van der Waals surface area contributed by atoms with Gasteiger partial charge < -0.3 is 5.73 Å². The van der Waals surface area contributed by atoms with E-state index in [1.165, 1.54) is 0 Å². The molecule has 0 fully saturated rings. The Morgan fingerprint density at radius 3 is 2.69 bits per heavy atom. The molecule has 0 spiro atoms. The fourth-order valence-electron chi connectivity index (χ4n) is 0.893. The van der Waals surface area contributed by atoms with Crippen molar-refractivity contribution in [3.8, 4) is 0 Å². The summed E-state index contributed by atoms with van der Waals surface area (Å²) < 4.78 is 25.6. The van der Waals surface area contributed by atoms with Gasteiger partial charge in [-0.2, -0.15) is 8.78 Å². The van der Waals surface area contributed by atoms with E-state index in [-0.39, 0.29) is 0 Å². The van der Waals surface area contributed by atoms with E-state index in [0.29, 0.717) is 16.7 Å². The second-order valence-corrected chi connectivity index (χ2v) is 4.03. The minimum Gasteiger partial charge on any atom is -0.324 e. The van der Waals surface area contributed by atoms with Crippen molar-refractivity contribution < 1.29 is 8.78 Å². The first-order valence-corrected chi connectivity index (χ1v) is 4.69. The lowest BCUT2D eigenvalue weighted by Gasteiger charge is -2.12. The monoisotopic (exact) mass is 203 g/mol. The zero-order valence-corrected chi connectivity index (χ0v) is 8.07. The standard InChI is InChI=1S/C9H11F2NS/c1-7-3-2-4-8(5-7)13-9(10,11)6-12/h2-5H,6,12H2,1H3. The molecule has 0 aromatic heterocycles. The quantitative estimate of drug-likeness (QED) is 0.764. The van der Waals surface area contributed by atoms with Gasteiger partial charge in [-0.1, -0.05) is 29.5 Å². The summed E-state index contributed by atoms with van der Waals surface area (Å²) in [6.07, 6.45) is 0. The molecule has 1 aromatic carbocycles. The molecule has 0 unspecified atom stereocenters. The Kier molecular flexibility index (Phi) is 3.27. The molecule has 0 bridgehead atoms. The summed E-state index contributed by atoms with van der Waals surface area (Å²) in [6, 6.07) is 6.99. The number of benzene rings is 1. The van der Waals surface area contributed by atoms with Crippen molar-refractivity contribution in [3.63, 3.8) is 0 Å². The van der Waals surface area contributed by atoms with Crippen molar-refractivity contribution in [1.82, 2.24) is 0 Å². The van der Waals surface area contributed by atoms with Crippen molar-refractivity contribution in [2.45, 2.75) is 17.1 Å². The number of aryl methyl sites for hydroxylation is 1. The molecule has 1 aromatic rings. The third-order valence-corrected chi connectivity index (χ3v) is 2.45. The second kappa shape index (κ2) is 4.07. The molecule has 72 valence electrons. The van der Waals surface area contributed by atoms with E-state index in [1.807, 2.05) is 13.0 Å². The van der Waals surface area contributed by atoms with Crippen LogP contribution in [0.25, 0.3) is 0 Å². The van der Waals surface area contributed by atoms with Gasteiger partial charge in [0.1, 0.15) is 0 Å². The molecule has 0 saturated heterocycles. The molecule has 0 heterocycles. The van der Waals surface area contributed by atoms with E-state index in [9.17, 15) is 8.78 Å². The number of thioether (sulfide) groups is 1. The number of rotatable bonds is 3. The van der Waals surface area contributed by atoms with Gasteiger partial charge in [-0.05, 0) is 19.1 Å². The highest BCUT2D eigenvalue weighted by molar-refractivity contribution is 8.00. The first-order chi connectivity index (χ1) is 6.03. The number of halogens is 2. The van der Waals surface area contributed by atoms with E-state index < -0.39 is 11.8 Å². The predicted octanol–water partition coefficient (Wildman–Crippen LogP) is 2.64. The van der Waals surface area contributed by atoms with Gasteiger partial charge in [0.2, 0.25) is 0 Å². The Balaban J connectivity index is 2.74. The van der Waals surface area contributed by atoms with Crippen LogP contribution in [0.15, 0.2) is 29.2 Å². The highest BCUT2D eigenvalue weighted by Gasteiger charge is 2.27. The van der Waals surface area contributed by atoms with Gasteiger partial charge in [0.15, 0.2) is 0 Å². The van der Waals surface area contributed by atoms with Crippen molar-refractivity contribution in [2.24, 2.45) is 5.73 Å². The Morgan fingerprint density at radius 2 is 2.15 bits per heavy atom. The fraction of sp³-hybridized carbons (Fsp3) is 0.333. The van der Waals surface area contributed by atoms with Gasteiger partial charge in [-0.15, -0.1) is 0 Å². The van der Waals surface area contributed by atoms with Gasteiger partial charge in [0.25, 0.3) is 0 Å². The summed E-state index contributed by atoms with van der Waals surface area (Å²) in [7, 11) is 0. The molecule has 0 saturated carbocycles. The summed E-state index contributed by atoms with van der Waals surface area (Å²) in [5.41, 5.74) is 5.89. The van der Waals surface area contributed by atoms with Crippen LogP contribution in [0.3, 0.4) is 0 Å². The molecular weight excluding hydrogens is 192 g/mol. The molecule has 13 heavy (non-hydrogen) atoms. The van der Waals surface area contributed by atoms with E-state index in [4.69, 9.17) is 5.73 Å². The zero-order chi connectivity index (χ0) is 9.90. The molecule has 2 N–H and O–H groups in total. The lowest BCUT2D eigenvalue weighted by atomic mass is 10.2. The van der Waals surface area contributed by atoms with Gasteiger partial charge >= 0.3 is 5.25 Å². The third kappa shape index (κ3) is 3.32. The van der Waals surface area contributed by atoms with Gasteiger partial charge in [0, 0.05) is 4.90 Å². The average Bonchev–Trinajstić information content (AvgIpc) is 2.03. The predicted molar refractivity (Wildman–Crippen MR) is 51.0 cm³/mol. The molecule has 1 rings (SSSR count). The van der Waals surface area contributed by atoms with Crippen LogP contribution in [-0.2, 0) is 0 Å². The summed E-state index contributed by atoms with van der Waals surface area (Å²) in [5, 5.41) is -2.87. The normalized spacial score (nSPS) is 11.7. The fourth-order valence-corrected chi connectivity index (χ4v) is 1.71. The van der Waals surface area contributed by atoms with Crippen molar-refractivity contribution in [1.29, 1.82) is 0 Å². The minimum atomic E-state index is -2.87. The summed E-state index contributed by atoms with van der Waals surface area (Å²) in [6.45, 7) is 1.23. The SMILES string of the molecule is Cc1cccc(SC(F)(F)CN)c1. The molecular formula is C9H11F2NS. The van der Waals surface area contributed by atoms with E-state index in [2.05, 4.69) is 0 Å². The first-order valence-electron chi connectivity index (χ1n) is 3.87. The summed E-state index contributed by atoms with van der Waals surface area (Å²) >= 11 is 0.502. The lowest BCUT2D eigenvalue weighted by Crippen LogP contribution is -2.23. The van der Waals surface area contributed by atoms with E-state index in [1.54, 1.807) is 18.2 Å². The van der Waals surface area contributed by atoms with Crippen LogP contribution in [0.1, 0.15) is 5.56 Å². The Hall–Kier alpha value is -0.610. The Labute approximate surface area is 80.3 Å². The second-order valence-electron chi connectivity index (χ2n) is 2.76. The Morgan fingerprint density at radius 1 is 1.46 bits per heavy atom. The number of nitrogens with two attached hydrogens (primary N) is 1. The minimum absolute atomic E-state index is 0.502.